The minimum Gasteiger partial charge on any atom is -0.493 e. The summed E-state index contributed by atoms with van der Waals surface area (Å²) in [5, 5.41) is 0. The maximum absolute atomic E-state index is 12.6. The van der Waals surface area contributed by atoms with Crippen LogP contribution >= 0.6 is 15.9 Å². The normalized spacial score (nSPS) is 19.7. The lowest BCUT2D eigenvalue weighted by Gasteiger charge is -2.30. The van der Waals surface area contributed by atoms with E-state index >= 15 is 0 Å². The Kier molecular flexibility index (Phi) is 4.31. The van der Waals surface area contributed by atoms with Gasteiger partial charge < -0.3 is 14.2 Å². The van der Waals surface area contributed by atoms with Crippen molar-refractivity contribution in [1.29, 1.82) is 0 Å². The molecule has 0 amide bonds. The number of Topliss-reactive ketones (excluding diaryl/α,β-unsaturated/α-hetero) is 1. The van der Waals surface area contributed by atoms with E-state index in [9.17, 15) is 4.79 Å². The molecular formula is C18H17BrO4. The lowest BCUT2D eigenvalue weighted by Crippen LogP contribution is -2.32. The van der Waals surface area contributed by atoms with Crippen LogP contribution in [0.1, 0.15) is 27.6 Å². The SMILES string of the molecule is COc1ccc([C@H]2Oc3ccc(C)cc3C(=O)[C@H]2Br)cc1OC. The molecule has 2 aromatic rings. The summed E-state index contributed by atoms with van der Waals surface area (Å²) in [5.74, 6) is 1.88. The zero-order valence-corrected chi connectivity index (χ0v) is 14.7. The van der Waals surface area contributed by atoms with Gasteiger partial charge in [0.15, 0.2) is 17.3 Å². The molecule has 23 heavy (non-hydrogen) atoms. The van der Waals surface area contributed by atoms with Crippen LogP contribution in [0.2, 0.25) is 0 Å². The number of alkyl halides is 1. The number of hydrogen-bond donors (Lipinski definition) is 0. The van der Waals surface area contributed by atoms with Gasteiger partial charge in [0.2, 0.25) is 0 Å². The van der Waals surface area contributed by atoms with E-state index in [2.05, 4.69) is 15.9 Å². The van der Waals surface area contributed by atoms with Crippen LogP contribution in [0.3, 0.4) is 0 Å². The van der Waals surface area contributed by atoms with Crippen molar-refractivity contribution in [3.05, 3.63) is 53.1 Å². The Balaban J connectivity index is 2.01. The van der Waals surface area contributed by atoms with Crippen molar-refractivity contribution in [3.63, 3.8) is 0 Å². The standard InChI is InChI=1S/C18H17BrO4/c1-10-4-6-13-12(8-10)17(20)16(19)18(23-13)11-5-7-14(21-2)15(9-11)22-3/h4-9,16,18H,1-3H3/t16-,18-/m1/s1. The van der Waals surface area contributed by atoms with Crippen LogP contribution in [0.5, 0.6) is 17.2 Å². The fourth-order valence-electron chi connectivity index (χ4n) is 2.69. The minimum atomic E-state index is -0.449. The average Bonchev–Trinajstić information content (AvgIpc) is 2.58. The Morgan fingerprint density at radius 1 is 1.04 bits per heavy atom. The first-order valence-electron chi connectivity index (χ1n) is 7.22. The summed E-state index contributed by atoms with van der Waals surface area (Å²) in [6.45, 7) is 1.96. The number of carbonyl (C=O) groups excluding carboxylic acids is 1. The van der Waals surface area contributed by atoms with Gasteiger partial charge in [-0.2, -0.15) is 0 Å². The molecule has 0 spiro atoms. The highest BCUT2D eigenvalue weighted by atomic mass is 79.9. The molecule has 0 radical (unpaired) electrons. The molecule has 120 valence electrons. The van der Waals surface area contributed by atoms with Gasteiger partial charge in [-0.25, -0.2) is 0 Å². The monoisotopic (exact) mass is 376 g/mol. The fourth-order valence-corrected chi connectivity index (χ4v) is 3.35. The summed E-state index contributed by atoms with van der Waals surface area (Å²) in [5.41, 5.74) is 2.50. The predicted octanol–water partition coefficient (Wildman–Crippen LogP) is 4.09. The van der Waals surface area contributed by atoms with Crippen LogP contribution in [-0.4, -0.2) is 24.8 Å². The molecular weight excluding hydrogens is 360 g/mol. The molecule has 0 fully saturated rings. The van der Waals surface area contributed by atoms with E-state index in [1.807, 2.05) is 43.3 Å². The molecule has 0 saturated heterocycles. The second-order valence-electron chi connectivity index (χ2n) is 5.42. The van der Waals surface area contributed by atoms with E-state index < -0.39 is 10.9 Å². The van der Waals surface area contributed by atoms with E-state index in [1.165, 1.54) is 0 Å². The van der Waals surface area contributed by atoms with Gasteiger partial charge in [0.1, 0.15) is 16.7 Å². The Bertz CT molecular complexity index is 757. The molecule has 3 rings (SSSR count). The number of aryl methyl sites for hydroxylation is 1. The summed E-state index contributed by atoms with van der Waals surface area (Å²) in [6.07, 6.45) is -0.419. The van der Waals surface area contributed by atoms with Crippen LogP contribution in [0.4, 0.5) is 0 Å². The highest BCUT2D eigenvalue weighted by Gasteiger charge is 2.36. The first-order valence-corrected chi connectivity index (χ1v) is 8.14. The second-order valence-corrected chi connectivity index (χ2v) is 6.41. The Hall–Kier alpha value is -2.01. The Labute approximate surface area is 143 Å². The number of ketones is 1. The fraction of sp³-hybridized carbons (Fsp3) is 0.278. The number of halogens is 1. The van der Waals surface area contributed by atoms with E-state index in [0.29, 0.717) is 22.8 Å². The van der Waals surface area contributed by atoms with E-state index in [1.54, 1.807) is 14.2 Å². The molecule has 5 heteroatoms. The van der Waals surface area contributed by atoms with Gasteiger partial charge in [-0.05, 0) is 36.8 Å². The first-order chi connectivity index (χ1) is 11.0. The third-order valence-electron chi connectivity index (χ3n) is 3.91. The number of fused-ring (bicyclic) bond motifs is 1. The van der Waals surface area contributed by atoms with Crippen molar-refractivity contribution >= 4 is 21.7 Å². The summed E-state index contributed by atoms with van der Waals surface area (Å²) < 4.78 is 16.7. The molecule has 0 aromatic heterocycles. The lowest BCUT2D eigenvalue weighted by atomic mass is 9.95. The molecule has 4 nitrogen and oxygen atoms in total. The van der Waals surface area contributed by atoms with Gasteiger partial charge in [0.05, 0.1) is 19.8 Å². The van der Waals surface area contributed by atoms with Crippen molar-refractivity contribution in [2.45, 2.75) is 17.9 Å². The number of methoxy groups -OCH3 is 2. The summed E-state index contributed by atoms with van der Waals surface area (Å²) in [4.78, 5) is 12.2. The zero-order valence-electron chi connectivity index (χ0n) is 13.1. The minimum absolute atomic E-state index is 0.0229. The molecule has 0 N–H and O–H groups in total. The van der Waals surface area contributed by atoms with Crippen molar-refractivity contribution in [1.82, 2.24) is 0 Å². The molecule has 2 atom stereocenters. The van der Waals surface area contributed by atoms with E-state index in [4.69, 9.17) is 14.2 Å². The van der Waals surface area contributed by atoms with Crippen molar-refractivity contribution in [2.75, 3.05) is 14.2 Å². The molecule has 1 aliphatic rings. The van der Waals surface area contributed by atoms with Crippen LogP contribution in [-0.2, 0) is 0 Å². The highest BCUT2D eigenvalue weighted by molar-refractivity contribution is 9.10. The smallest absolute Gasteiger partial charge is 0.184 e. The highest BCUT2D eigenvalue weighted by Crippen LogP contribution is 2.41. The van der Waals surface area contributed by atoms with Gasteiger partial charge in [0, 0.05) is 0 Å². The molecule has 0 aliphatic carbocycles. The number of carbonyl (C=O) groups is 1. The van der Waals surface area contributed by atoms with Gasteiger partial charge in [0.25, 0.3) is 0 Å². The predicted molar refractivity (Wildman–Crippen MR) is 91.1 cm³/mol. The number of ether oxygens (including phenoxy) is 3. The molecule has 2 aromatic carbocycles. The molecule has 0 bridgehead atoms. The largest absolute Gasteiger partial charge is 0.493 e. The number of benzene rings is 2. The Morgan fingerprint density at radius 2 is 1.78 bits per heavy atom. The molecule has 0 saturated carbocycles. The summed E-state index contributed by atoms with van der Waals surface area (Å²) in [7, 11) is 3.17. The van der Waals surface area contributed by atoms with Gasteiger partial charge in [-0.3, -0.25) is 4.79 Å². The van der Waals surface area contributed by atoms with Crippen LogP contribution < -0.4 is 14.2 Å². The van der Waals surface area contributed by atoms with Crippen molar-refractivity contribution < 1.29 is 19.0 Å². The topological polar surface area (TPSA) is 44.8 Å². The maximum Gasteiger partial charge on any atom is 0.184 e. The average molecular weight is 377 g/mol. The maximum atomic E-state index is 12.6. The molecule has 1 heterocycles. The number of rotatable bonds is 3. The van der Waals surface area contributed by atoms with Crippen LogP contribution in [0.15, 0.2) is 36.4 Å². The molecule has 1 aliphatic heterocycles. The quantitative estimate of drug-likeness (QED) is 0.756. The molecule has 0 unspecified atom stereocenters. The van der Waals surface area contributed by atoms with Crippen LogP contribution in [0.25, 0.3) is 0 Å². The number of hydrogen-bond acceptors (Lipinski definition) is 4. The van der Waals surface area contributed by atoms with E-state index in [0.717, 1.165) is 11.1 Å². The van der Waals surface area contributed by atoms with E-state index in [-0.39, 0.29) is 5.78 Å². The van der Waals surface area contributed by atoms with Gasteiger partial charge >= 0.3 is 0 Å². The second kappa shape index (κ2) is 6.24. The Morgan fingerprint density at radius 3 is 2.48 bits per heavy atom. The zero-order chi connectivity index (χ0) is 16.6. The van der Waals surface area contributed by atoms with Crippen molar-refractivity contribution in [3.8, 4) is 17.2 Å². The third kappa shape index (κ3) is 2.81. The van der Waals surface area contributed by atoms with Gasteiger partial charge in [-0.1, -0.05) is 33.6 Å². The van der Waals surface area contributed by atoms with Crippen LogP contribution in [0, 0.1) is 6.92 Å². The summed E-state index contributed by atoms with van der Waals surface area (Å²) >= 11 is 3.49. The lowest BCUT2D eigenvalue weighted by molar-refractivity contribution is 0.0872. The van der Waals surface area contributed by atoms with Gasteiger partial charge in [-0.15, -0.1) is 0 Å². The van der Waals surface area contributed by atoms with Crippen molar-refractivity contribution in [2.24, 2.45) is 0 Å². The third-order valence-corrected chi connectivity index (χ3v) is 4.80. The summed E-state index contributed by atoms with van der Waals surface area (Å²) in [6, 6.07) is 11.2. The first kappa shape index (κ1) is 15.9.